The molecule has 2 heteroatoms. The molecule has 2 aromatic carbocycles. The maximum Gasteiger partial charge on any atom is 0.308 e. The van der Waals surface area contributed by atoms with Crippen LogP contribution in [0.25, 0.3) is 16.8 Å². The van der Waals surface area contributed by atoms with Gasteiger partial charge in [-0.3, -0.25) is 4.79 Å². The van der Waals surface area contributed by atoms with Gasteiger partial charge in [-0.05, 0) is 22.9 Å². The fourth-order valence-corrected chi connectivity index (χ4v) is 1.64. The number of carbonyl (C=O) groups is 1. The fraction of sp³-hybridized carbons (Fsp3) is 0.0714. The van der Waals surface area contributed by atoms with Crippen LogP contribution < -0.4 is 4.74 Å². The van der Waals surface area contributed by atoms with Crippen molar-refractivity contribution in [2.45, 2.75) is 6.92 Å². The number of esters is 1. The molecule has 0 saturated heterocycles. The van der Waals surface area contributed by atoms with E-state index in [0.717, 1.165) is 16.3 Å². The molecule has 0 atom stereocenters. The topological polar surface area (TPSA) is 26.3 Å². The third-order valence-corrected chi connectivity index (χ3v) is 2.35. The largest absolute Gasteiger partial charge is 0.426 e. The highest BCUT2D eigenvalue weighted by molar-refractivity contribution is 5.88. The van der Waals surface area contributed by atoms with Gasteiger partial charge < -0.3 is 4.74 Å². The van der Waals surface area contributed by atoms with Crippen LogP contribution in [0, 0.1) is 0 Å². The van der Waals surface area contributed by atoms with E-state index in [9.17, 15) is 4.79 Å². The lowest BCUT2D eigenvalue weighted by atomic mass is 10.1. The van der Waals surface area contributed by atoms with Gasteiger partial charge in [0.1, 0.15) is 5.75 Å². The molecule has 0 aromatic heterocycles. The van der Waals surface area contributed by atoms with Gasteiger partial charge in [0.15, 0.2) is 0 Å². The normalized spacial score (nSPS) is 10.1. The Kier molecular flexibility index (Phi) is 2.73. The number of hydrogen-bond donors (Lipinski definition) is 0. The molecule has 80 valence electrons. The number of hydrogen-bond acceptors (Lipinski definition) is 2. The third-order valence-electron chi connectivity index (χ3n) is 2.35. The van der Waals surface area contributed by atoms with E-state index in [1.165, 1.54) is 6.92 Å². The van der Waals surface area contributed by atoms with Crippen LogP contribution in [0.2, 0.25) is 0 Å². The molecule has 0 N–H and O–H groups in total. The molecule has 16 heavy (non-hydrogen) atoms. The number of fused-ring (bicyclic) bond motifs is 1. The van der Waals surface area contributed by atoms with E-state index in [-0.39, 0.29) is 5.97 Å². The van der Waals surface area contributed by atoms with Crippen molar-refractivity contribution in [1.82, 2.24) is 0 Å². The van der Waals surface area contributed by atoms with Gasteiger partial charge in [-0.2, -0.15) is 0 Å². The molecule has 0 amide bonds. The molecule has 0 unspecified atom stereocenters. The van der Waals surface area contributed by atoms with E-state index in [4.69, 9.17) is 4.74 Å². The molecule has 0 saturated carbocycles. The van der Waals surface area contributed by atoms with Gasteiger partial charge in [-0.25, -0.2) is 0 Å². The van der Waals surface area contributed by atoms with E-state index in [2.05, 4.69) is 6.58 Å². The average molecular weight is 212 g/mol. The molecule has 2 aromatic rings. The Bertz CT molecular complexity index is 556. The standard InChI is InChI=1S/C14H12O2/c1-3-11-8-12-6-4-5-7-13(12)9-14(11)16-10(2)15/h3-9H,1H2,2H3. The zero-order valence-electron chi connectivity index (χ0n) is 9.07. The predicted octanol–water partition coefficient (Wildman–Crippen LogP) is 3.41. The second kappa shape index (κ2) is 4.19. The highest BCUT2D eigenvalue weighted by atomic mass is 16.5. The molecule has 0 aliphatic carbocycles. The molecule has 0 radical (unpaired) electrons. The van der Waals surface area contributed by atoms with Gasteiger partial charge in [0, 0.05) is 12.5 Å². The van der Waals surface area contributed by atoms with Gasteiger partial charge in [0.2, 0.25) is 0 Å². The quantitative estimate of drug-likeness (QED) is 0.563. The van der Waals surface area contributed by atoms with Crippen LogP contribution in [0.4, 0.5) is 0 Å². The summed E-state index contributed by atoms with van der Waals surface area (Å²) < 4.78 is 5.13. The number of benzene rings is 2. The van der Waals surface area contributed by atoms with E-state index in [0.29, 0.717) is 5.75 Å². The van der Waals surface area contributed by atoms with E-state index >= 15 is 0 Å². The highest BCUT2D eigenvalue weighted by Crippen LogP contribution is 2.26. The molecule has 0 aliphatic rings. The Morgan fingerprint density at radius 2 is 1.88 bits per heavy atom. The minimum Gasteiger partial charge on any atom is -0.426 e. The van der Waals surface area contributed by atoms with Crippen LogP contribution in [0.15, 0.2) is 43.0 Å². The van der Waals surface area contributed by atoms with Crippen molar-refractivity contribution in [3.05, 3.63) is 48.5 Å². The van der Waals surface area contributed by atoms with Crippen molar-refractivity contribution in [3.8, 4) is 5.75 Å². The summed E-state index contributed by atoms with van der Waals surface area (Å²) in [6.45, 7) is 5.11. The molecular weight excluding hydrogens is 200 g/mol. The van der Waals surface area contributed by atoms with Gasteiger partial charge in [-0.1, -0.05) is 36.9 Å². The first kappa shape index (κ1) is 10.4. The van der Waals surface area contributed by atoms with Crippen molar-refractivity contribution in [2.75, 3.05) is 0 Å². The lowest BCUT2D eigenvalue weighted by Crippen LogP contribution is -2.02. The summed E-state index contributed by atoms with van der Waals surface area (Å²) in [5, 5.41) is 2.15. The fourth-order valence-electron chi connectivity index (χ4n) is 1.64. The minimum atomic E-state index is -0.321. The second-order valence-electron chi connectivity index (χ2n) is 3.53. The van der Waals surface area contributed by atoms with Crippen LogP contribution in [0.3, 0.4) is 0 Å². The first-order chi connectivity index (χ1) is 7.70. The highest BCUT2D eigenvalue weighted by Gasteiger charge is 2.05. The molecule has 0 bridgehead atoms. The smallest absolute Gasteiger partial charge is 0.308 e. The number of rotatable bonds is 2. The third kappa shape index (κ3) is 1.96. The van der Waals surface area contributed by atoms with Gasteiger partial charge in [0.05, 0.1) is 0 Å². The maximum atomic E-state index is 11.0. The first-order valence-electron chi connectivity index (χ1n) is 5.04. The SMILES string of the molecule is C=Cc1cc2ccccc2cc1OC(C)=O. The van der Waals surface area contributed by atoms with Crippen LogP contribution in [-0.4, -0.2) is 5.97 Å². The zero-order valence-corrected chi connectivity index (χ0v) is 9.07. The predicted molar refractivity (Wildman–Crippen MR) is 65.3 cm³/mol. The molecule has 0 heterocycles. The zero-order chi connectivity index (χ0) is 11.5. The maximum absolute atomic E-state index is 11.0. The summed E-state index contributed by atoms with van der Waals surface area (Å²) in [5.41, 5.74) is 0.828. The Labute approximate surface area is 94.2 Å². The first-order valence-corrected chi connectivity index (χ1v) is 5.04. The van der Waals surface area contributed by atoms with Gasteiger partial charge >= 0.3 is 5.97 Å². The summed E-state index contributed by atoms with van der Waals surface area (Å²) in [6.07, 6.45) is 1.69. The Hall–Kier alpha value is -2.09. The summed E-state index contributed by atoms with van der Waals surface area (Å²) >= 11 is 0. The van der Waals surface area contributed by atoms with E-state index in [1.807, 2.05) is 36.4 Å². The van der Waals surface area contributed by atoms with Crippen molar-refractivity contribution < 1.29 is 9.53 Å². The number of carbonyl (C=O) groups excluding carboxylic acids is 1. The Morgan fingerprint density at radius 3 is 2.44 bits per heavy atom. The van der Waals surface area contributed by atoms with Crippen molar-refractivity contribution in [1.29, 1.82) is 0 Å². The molecule has 2 nitrogen and oxygen atoms in total. The monoisotopic (exact) mass is 212 g/mol. The molecule has 0 aliphatic heterocycles. The van der Waals surface area contributed by atoms with Crippen LogP contribution in [0.1, 0.15) is 12.5 Å². The van der Waals surface area contributed by atoms with Crippen LogP contribution in [0.5, 0.6) is 5.75 Å². The van der Waals surface area contributed by atoms with Crippen molar-refractivity contribution >= 4 is 22.8 Å². The van der Waals surface area contributed by atoms with Gasteiger partial charge in [0.25, 0.3) is 0 Å². The summed E-state index contributed by atoms with van der Waals surface area (Å²) in [4.78, 5) is 11.0. The molecular formula is C14H12O2. The molecule has 0 spiro atoms. The number of ether oxygens (including phenoxy) is 1. The average Bonchev–Trinajstić information content (AvgIpc) is 2.27. The summed E-state index contributed by atoms with van der Waals surface area (Å²) in [6, 6.07) is 11.7. The Balaban J connectivity index is 2.62. The summed E-state index contributed by atoms with van der Waals surface area (Å²) in [7, 11) is 0. The lowest BCUT2D eigenvalue weighted by Gasteiger charge is -2.07. The van der Waals surface area contributed by atoms with Crippen molar-refractivity contribution in [2.24, 2.45) is 0 Å². The van der Waals surface area contributed by atoms with Gasteiger partial charge in [-0.15, -0.1) is 0 Å². The Morgan fingerprint density at radius 1 is 1.25 bits per heavy atom. The van der Waals surface area contributed by atoms with E-state index in [1.54, 1.807) is 6.08 Å². The second-order valence-corrected chi connectivity index (χ2v) is 3.53. The van der Waals surface area contributed by atoms with Crippen molar-refractivity contribution in [3.63, 3.8) is 0 Å². The van der Waals surface area contributed by atoms with E-state index < -0.39 is 0 Å². The summed E-state index contributed by atoms with van der Waals surface area (Å²) in [5.74, 6) is 0.236. The lowest BCUT2D eigenvalue weighted by molar-refractivity contribution is -0.131. The molecule has 0 fully saturated rings. The van der Waals surface area contributed by atoms with Crippen LogP contribution in [-0.2, 0) is 4.79 Å². The molecule has 2 rings (SSSR count). The van der Waals surface area contributed by atoms with Crippen LogP contribution >= 0.6 is 0 Å². The minimum absolute atomic E-state index is 0.321.